The van der Waals surface area contributed by atoms with E-state index in [9.17, 15) is 30.6 Å². The SMILES string of the molecule is C=S(=O)(CC)c1ccc(Oc2cccc(C(C)(F)F)c2F)cc1.CC.CN1CCCC1.Cc1ccc(C(F)(F)F)c(O)c1. The summed E-state index contributed by atoms with van der Waals surface area (Å²) in [5, 5.41) is 8.91. The first-order valence-electron chi connectivity index (χ1n) is 13.8. The molecule has 1 aliphatic heterocycles. The minimum Gasteiger partial charge on any atom is -0.507 e. The number of aromatic hydroxyl groups is 1. The molecule has 1 heterocycles. The van der Waals surface area contributed by atoms with Crippen LogP contribution in [0.25, 0.3) is 0 Å². The maximum Gasteiger partial charge on any atom is 0.419 e. The minimum atomic E-state index is -4.47. The number of hydrogen-bond donors (Lipinski definition) is 1. The number of alkyl halides is 5. The van der Waals surface area contributed by atoms with Crippen molar-refractivity contribution < 1.29 is 40.4 Å². The van der Waals surface area contributed by atoms with E-state index in [1.807, 2.05) is 13.8 Å². The molecule has 0 saturated carbocycles. The summed E-state index contributed by atoms with van der Waals surface area (Å²) in [6, 6.07) is 13.0. The molecule has 4 rings (SSSR count). The Kier molecular flexibility index (Phi) is 14.6. The summed E-state index contributed by atoms with van der Waals surface area (Å²) in [7, 11) is -0.177. The summed E-state index contributed by atoms with van der Waals surface area (Å²) in [5.74, 6) is -1.08. The normalized spacial score (nSPS) is 14.6. The van der Waals surface area contributed by atoms with E-state index < -0.39 is 44.3 Å². The van der Waals surface area contributed by atoms with Crippen molar-refractivity contribution in [1.82, 2.24) is 4.90 Å². The fourth-order valence-corrected chi connectivity index (χ4v) is 4.70. The first-order valence-corrected chi connectivity index (χ1v) is 15.7. The minimum absolute atomic E-state index is 0.260. The van der Waals surface area contributed by atoms with Gasteiger partial charge in [0.15, 0.2) is 11.6 Å². The zero-order valence-corrected chi connectivity index (χ0v) is 26.2. The van der Waals surface area contributed by atoms with E-state index in [2.05, 4.69) is 17.8 Å². The molecule has 0 aliphatic carbocycles. The predicted molar refractivity (Wildman–Crippen MR) is 162 cm³/mol. The Morgan fingerprint density at radius 1 is 0.953 bits per heavy atom. The molecule has 1 saturated heterocycles. The monoisotopic (exact) mass is 633 g/mol. The second-order valence-electron chi connectivity index (χ2n) is 9.71. The van der Waals surface area contributed by atoms with Gasteiger partial charge in [-0.05, 0) is 109 Å². The van der Waals surface area contributed by atoms with E-state index in [-0.39, 0.29) is 11.5 Å². The smallest absolute Gasteiger partial charge is 0.419 e. The molecule has 0 aromatic heterocycles. The highest BCUT2D eigenvalue weighted by Gasteiger charge is 2.33. The number of likely N-dealkylation sites (tertiary alicyclic amines) is 1. The largest absolute Gasteiger partial charge is 0.507 e. The number of halogens is 6. The third kappa shape index (κ3) is 12.1. The number of nitrogens with zero attached hydrogens (tertiary/aromatic N) is 1. The molecule has 11 heteroatoms. The lowest BCUT2D eigenvalue weighted by atomic mass is 10.1. The second kappa shape index (κ2) is 16.6. The lowest BCUT2D eigenvalue weighted by molar-refractivity contribution is -0.138. The average molecular weight is 634 g/mol. The standard InChI is InChI=1S/C17H17F3O2S.C8H7F3O.C5H11N.C2H6/c1-4-23(3,21)13-10-8-12(9-11-13)22-15-7-5-6-14(16(15)18)17(2,19)20;1-5-2-3-6(7(12)4-5)8(9,10)11;1-6-4-2-3-5-6;1-2/h5-11H,3-4H2,1-2H3;2-4,12H,1H3;2-5H2,1H3;1-2H3. The summed E-state index contributed by atoms with van der Waals surface area (Å²) < 4.78 is 94.3. The van der Waals surface area contributed by atoms with Crippen LogP contribution >= 0.6 is 0 Å². The van der Waals surface area contributed by atoms with Crippen molar-refractivity contribution in [1.29, 1.82) is 0 Å². The first-order chi connectivity index (χ1) is 20.0. The molecule has 0 bridgehead atoms. The molecule has 0 amide bonds. The Balaban J connectivity index is 0.000000381. The van der Waals surface area contributed by atoms with E-state index in [1.54, 1.807) is 26.0 Å². The number of aryl methyl sites for hydroxylation is 1. The molecule has 240 valence electrons. The number of hydrogen-bond acceptors (Lipinski definition) is 4. The summed E-state index contributed by atoms with van der Waals surface area (Å²) in [5.41, 5.74) is -1.12. The highest BCUT2D eigenvalue weighted by Crippen LogP contribution is 2.36. The Hall–Kier alpha value is -3.18. The second-order valence-corrected chi connectivity index (χ2v) is 12.4. The van der Waals surface area contributed by atoms with Crippen LogP contribution in [0.3, 0.4) is 0 Å². The lowest BCUT2D eigenvalue weighted by Gasteiger charge is -2.14. The number of rotatable bonds is 5. The summed E-state index contributed by atoms with van der Waals surface area (Å²) in [6.07, 6.45) is -1.65. The van der Waals surface area contributed by atoms with Crippen LogP contribution in [0.2, 0.25) is 0 Å². The van der Waals surface area contributed by atoms with Crippen molar-refractivity contribution in [3.63, 3.8) is 0 Å². The average Bonchev–Trinajstić information content (AvgIpc) is 3.41. The molecule has 43 heavy (non-hydrogen) atoms. The molecule has 0 spiro atoms. The van der Waals surface area contributed by atoms with Gasteiger partial charge in [0.2, 0.25) is 0 Å². The lowest BCUT2D eigenvalue weighted by Crippen LogP contribution is -2.10. The van der Waals surface area contributed by atoms with Gasteiger partial charge in [0.1, 0.15) is 11.5 Å². The third-order valence-corrected chi connectivity index (χ3v) is 8.24. The Labute approximate surface area is 251 Å². The van der Waals surface area contributed by atoms with E-state index in [0.29, 0.717) is 23.1 Å². The third-order valence-electron chi connectivity index (χ3n) is 6.17. The molecular formula is C32H41F6NO3S. The maximum atomic E-state index is 14.1. The van der Waals surface area contributed by atoms with Crippen molar-refractivity contribution >= 4 is 15.4 Å². The van der Waals surface area contributed by atoms with Gasteiger partial charge in [-0.3, -0.25) is 4.21 Å². The van der Waals surface area contributed by atoms with Crippen LogP contribution in [0.4, 0.5) is 26.3 Å². The fourth-order valence-electron chi connectivity index (χ4n) is 3.73. The summed E-state index contributed by atoms with van der Waals surface area (Å²) >= 11 is 0. The molecule has 1 fully saturated rings. The Morgan fingerprint density at radius 3 is 1.93 bits per heavy atom. The van der Waals surface area contributed by atoms with Gasteiger partial charge < -0.3 is 14.7 Å². The van der Waals surface area contributed by atoms with Crippen LogP contribution in [0, 0.1) is 12.7 Å². The molecule has 1 aliphatic rings. The van der Waals surface area contributed by atoms with Gasteiger partial charge >= 0.3 is 6.18 Å². The maximum absolute atomic E-state index is 14.1. The van der Waals surface area contributed by atoms with Crippen LogP contribution < -0.4 is 4.74 Å². The number of ether oxygens (including phenoxy) is 1. The predicted octanol–water partition coefficient (Wildman–Crippen LogP) is 9.28. The molecule has 3 aromatic carbocycles. The first kappa shape index (κ1) is 37.8. The molecule has 1 N–H and O–H groups in total. The molecule has 4 nitrogen and oxygen atoms in total. The zero-order valence-electron chi connectivity index (χ0n) is 25.4. The summed E-state index contributed by atoms with van der Waals surface area (Å²) in [4.78, 5) is 2.92. The fraction of sp³-hybridized carbons (Fsp3) is 0.406. The van der Waals surface area contributed by atoms with Crippen molar-refractivity contribution in [3.8, 4) is 17.2 Å². The van der Waals surface area contributed by atoms with E-state index in [0.717, 1.165) is 18.2 Å². The van der Waals surface area contributed by atoms with Gasteiger partial charge in [-0.25, -0.2) is 13.2 Å². The van der Waals surface area contributed by atoms with Gasteiger partial charge in [-0.1, -0.05) is 32.9 Å². The Bertz CT molecular complexity index is 1380. The van der Waals surface area contributed by atoms with Gasteiger partial charge in [0.05, 0.1) is 11.1 Å². The van der Waals surface area contributed by atoms with E-state index in [4.69, 9.17) is 9.84 Å². The molecule has 0 radical (unpaired) electrons. The highest BCUT2D eigenvalue weighted by molar-refractivity contribution is 8.00. The number of phenols is 1. The highest BCUT2D eigenvalue weighted by atomic mass is 32.2. The van der Waals surface area contributed by atoms with Gasteiger partial charge in [-0.15, -0.1) is 0 Å². The molecule has 1 atom stereocenters. The van der Waals surface area contributed by atoms with Crippen LogP contribution in [-0.2, 0) is 21.6 Å². The van der Waals surface area contributed by atoms with Crippen LogP contribution in [0.5, 0.6) is 17.2 Å². The number of benzene rings is 3. The van der Waals surface area contributed by atoms with Gasteiger partial charge in [-0.2, -0.15) is 13.2 Å². The quantitative estimate of drug-likeness (QED) is 0.225. The summed E-state index contributed by atoms with van der Waals surface area (Å²) in [6.45, 7) is 10.6. The van der Waals surface area contributed by atoms with Crippen molar-refractivity contribution in [2.75, 3.05) is 25.9 Å². The van der Waals surface area contributed by atoms with Crippen molar-refractivity contribution in [2.45, 2.75) is 64.5 Å². The van der Waals surface area contributed by atoms with Gasteiger partial charge in [0.25, 0.3) is 5.92 Å². The topological polar surface area (TPSA) is 49.8 Å². The Morgan fingerprint density at radius 2 is 1.51 bits per heavy atom. The molecule has 3 aromatic rings. The van der Waals surface area contributed by atoms with Crippen molar-refractivity contribution in [2.24, 2.45) is 0 Å². The molecule has 1 unspecified atom stereocenters. The van der Waals surface area contributed by atoms with Gasteiger partial charge in [0, 0.05) is 17.6 Å². The van der Waals surface area contributed by atoms with Crippen LogP contribution in [-0.4, -0.2) is 46.0 Å². The van der Waals surface area contributed by atoms with E-state index in [1.165, 1.54) is 56.3 Å². The van der Waals surface area contributed by atoms with Crippen LogP contribution in [0.1, 0.15) is 57.2 Å². The number of phenolic OH excluding ortho intramolecular Hbond substituents is 1. The van der Waals surface area contributed by atoms with Crippen molar-refractivity contribution in [3.05, 3.63) is 83.2 Å². The van der Waals surface area contributed by atoms with E-state index >= 15 is 0 Å². The van der Waals surface area contributed by atoms with Crippen LogP contribution in [0.15, 0.2) is 65.6 Å². The zero-order chi connectivity index (χ0) is 33.0. The molecular weight excluding hydrogens is 592 g/mol.